The number of hydrogen-bond donors (Lipinski definition) is 0. The highest BCUT2D eigenvalue weighted by Crippen LogP contribution is 2.60. The summed E-state index contributed by atoms with van der Waals surface area (Å²) < 4.78 is 0. The Balaban J connectivity index is 0.942. The quantitative estimate of drug-likeness (QED) is 0.135. The molecule has 0 bridgehead atoms. The van der Waals surface area contributed by atoms with E-state index in [0.717, 1.165) is 38.5 Å². The van der Waals surface area contributed by atoms with Crippen molar-refractivity contribution in [2.45, 2.75) is 105 Å². The number of aryl methyl sites for hydroxylation is 4. The molecule has 3 aliphatic carbocycles. The van der Waals surface area contributed by atoms with Crippen molar-refractivity contribution in [3.8, 4) is 11.1 Å². The first-order valence-electron chi connectivity index (χ1n) is 26.0. The van der Waals surface area contributed by atoms with E-state index in [1.807, 2.05) is 0 Å². The van der Waals surface area contributed by atoms with Crippen LogP contribution in [0.4, 0.5) is 34.1 Å². The predicted molar refractivity (Wildman–Crippen MR) is 300 cm³/mol. The first-order chi connectivity index (χ1) is 34.0. The van der Waals surface area contributed by atoms with Crippen molar-refractivity contribution in [1.29, 1.82) is 0 Å². The lowest BCUT2D eigenvalue weighted by Crippen LogP contribution is -2.23. The van der Waals surface area contributed by atoms with E-state index in [9.17, 15) is 0 Å². The van der Waals surface area contributed by atoms with Crippen molar-refractivity contribution in [1.82, 2.24) is 0 Å². The average molecular weight is 909 g/mol. The highest BCUT2D eigenvalue weighted by Gasteiger charge is 2.45. The van der Waals surface area contributed by atoms with E-state index in [1.165, 1.54) is 134 Å². The Morgan fingerprint density at radius 3 is 1.30 bits per heavy atom. The first kappa shape index (κ1) is 44.1. The Labute approximate surface area is 416 Å². The van der Waals surface area contributed by atoms with E-state index in [1.54, 1.807) is 0 Å². The molecule has 346 valence electrons. The van der Waals surface area contributed by atoms with E-state index >= 15 is 0 Å². The van der Waals surface area contributed by atoms with Gasteiger partial charge in [-0.25, -0.2) is 0 Å². The molecule has 0 saturated carbocycles. The topological polar surface area (TPSA) is 6.48 Å². The molecule has 12 rings (SSSR count). The number of anilines is 6. The molecule has 0 atom stereocenters. The molecular weight excluding hydrogens is 845 g/mol. The molecule has 70 heavy (non-hydrogen) atoms. The number of benzene rings is 9. The lowest BCUT2D eigenvalue weighted by atomic mass is 9.70. The molecule has 0 radical (unpaired) electrons. The molecule has 9 aromatic rings. The average Bonchev–Trinajstić information content (AvgIpc) is 3.77. The van der Waals surface area contributed by atoms with Gasteiger partial charge in [-0.1, -0.05) is 152 Å². The lowest BCUT2D eigenvalue weighted by molar-refractivity contribution is 0.647. The van der Waals surface area contributed by atoms with Crippen LogP contribution in [0, 0.1) is 0 Å². The number of nitrogens with zero attached hydrogens (tertiary/aromatic N) is 2. The fourth-order valence-corrected chi connectivity index (χ4v) is 13.1. The first-order valence-corrected chi connectivity index (χ1v) is 26.0. The molecule has 2 nitrogen and oxygen atoms in total. The van der Waals surface area contributed by atoms with Crippen LogP contribution in [-0.4, -0.2) is 0 Å². The minimum absolute atomic E-state index is 0.187. The molecule has 0 amide bonds. The number of hydrogen-bond acceptors (Lipinski definition) is 2. The number of rotatable bonds is 10. The van der Waals surface area contributed by atoms with Gasteiger partial charge in [0, 0.05) is 45.0 Å². The predicted octanol–water partition coefficient (Wildman–Crippen LogP) is 18.6. The van der Waals surface area contributed by atoms with E-state index in [0.29, 0.717) is 0 Å². The molecule has 0 aromatic heterocycles. The normalized spacial score (nSPS) is 14.9. The molecule has 0 heterocycles. The van der Waals surface area contributed by atoms with Crippen molar-refractivity contribution < 1.29 is 0 Å². The van der Waals surface area contributed by atoms with Gasteiger partial charge in [0.2, 0.25) is 0 Å². The Bertz CT molecular complexity index is 3620. The van der Waals surface area contributed by atoms with Gasteiger partial charge in [0.25, 0.3) is 0 Å². The summed E-state index contributed by atoms with van der Waals surface area (Å²) in [5.74, 6) is 0. The Hall–Kier alpha value is -7.16. The molecule has 3 aliphatic rings. The Kier molecular flexibility index (Phi) is 10.6. The van der Waals surface area contributed by atoms with E-state index in [-0.39, 0.29) is 10.8 Å². The zero-order valence-corrected chi connectivity index (χ0v) is 42.3. The molecule has 0 unspecified atom stereocenters. The summed E-state index contributed by atoms with van der Waals surface area (Å²) in [6, 6.07) is 65.2. The van der Waals surface area contributed by atoms with Gasteiger partial charge in [-0.15, -0.1) is 0 Å². The highest BCUT2D eigenvalue weighted by molar-refractivity contribution is 6.05. The van der Waals surface area contributed by atoms with Crippen molar-refractivity contribution in [3.05, 3.63) is 225 Å². The van der Waals surface area contributed by atoms with Crippen LogP contribution in [-0.2, 0) is 42.9 Å². The summed E-state index contributed by atoms with van der Waals surface area (Å²) in [6.45, 7) is 19.0. The van der Waals surface area contributed by atoms with E-state index in [2.05, 4.69) is 235 Å². The number of allylic oxidation sites excluding steroid dienone is 2. The van der Waals surface area contributed by atoms with Gasteiger partial charge in [-0.2, -0.15) is 0 Å². The SMILES string of the molecule is CCc1ccc(N(c2ccc3c(c2)C(C)(C)C2=C3CCc3c2ccc2c3C(C)(C)c3cc(N(c4ccc(CC)c(CC)c4)c4ccc5ccccc5c4)ccc3-2)c2ccc3ccccc3c2)cc1CC. The van der Waals surface area contributed by atoms with Gasteiger partial charge < -0.3 is 9.80 Å². The molecule has 0 saturated heterocycles. The maximum Gasteiger partial charge on any atom is 0.0468 e. The minimum atomic E-state index is -0.187. The highest BCUT2D eigenvalue weighted by atomic mass is 15.1. The molecule has 0 aliphatic heterocycles. The largest absolute Gasteiger partial charge is 0.310 e. The van der Waals surface area contributed by atoms with Crippen molar-refractivity contribution in [2.24, 2.45) is 0 Å². The van der Waals surface area contributed by atoms with Crippen molar-refractivity contribution in [2.75, 3.05) is 9.80 Å². The molecule has 9 aromatic carbocycles. The summed E-state index contributed by atoms with van der Waals surface area (Å²) in [6.07, 6.45) is 6.19. The maximum atomic E-state index is 2.52. The van der Waals surface area contributed by atoms with Crippen LogP contribution >= 0.6 is 0 Å². The summed E-state index contributed by atoms with van der Waals surface area (Å²) in [5.41, 5.74) is 27.1. The molecular formula is C68H64N2. The molecule has 0 fully saturated rings. The van der Waals surface area contributed by atoms with E-state index < -0.39 is 0 Å². The molecule has 0 N–H and O–H groups in total. The van der Waals surface area contributed by atoms with Crippen LogP contribution < -0.4 is 9.80 Å². The van der Waals surface area contributed by atoms with E-state index in [4.69, 9.17) is 0 Å². The zero-order valence-electron chi connectivity index (χ0n) is 42.3. The van der Waals surface area contributed by atoms with Crippen LogP contribution in [0.1, 0.15) is 117 Å². The fourth-order valence-electron chi connectivity index (χ4n) is 13.1. The summed E-state index contributed by atoms with van der Waals surface area (Å²) in [7, 11) is 0. The van der Waals surface area contributed by atoms with Gasteiger partial charge in [0.15, 0.2) is 0 Å². The third-order valence-corrected chi connectivity index (χ3v) is 16.6. The number of fused-ring (bicyclic) bond motifs is 10. The van der Waals surface area contributed by atoms with Crippen LogP contribution in [0.15, 0.2) is 170 Å². The fraction of sp³-hybridized carbons (Fsp3) is 0.235. The van der Waals surface area contributed by atoms with Gasteiger partial charge in [-0.3, -0.25) is 0 Å². The summed E-state index contributed by atoms with van der Waals surface area (Å²) in [5, 5.41) is 5.03. The third kappa shape index (κ3) is 6.81. The standard InChI is InChI=1S/C68H64N2/c1-9-43-21-25-51(37-45(43)11-3)69(53-27-23-47-17-13-15-19-49(47)39-53)55-29-31-57-59-33-35-62-61(65(59)67(5,6)63(57)41-55)36-34-60-58-32-30-56(42-64(58)68(7,8)66(60)62)70(52-26-22-44(10-2)46(12-4)38-52)54-28-24-48-18-14-16-20-50(48)40-54/h13-33,35,37-42H,9-12,34,36H2,1-8H3. The summed E-state index contributed by atoms with van der Waals surface area (Å²) in [4.78, 5) is 4.99. The summed E-state index contributed by atoms with van der Waals surface area (Å²) >= 11 is 0. The smallest absolute Gasteiger partial charge is 0.0468 e. The Morgan fingerprint density at radius 2 is 0.771 bits per heavy atom. The van der Waals surface area contributed by atoms with Crippen LogP contribution in [0.5, 0.6) is 0 Å². The van der Waals surface area contributed by atoms with Crippen LogP contribution in [0.25, 0.3) is 43.8 Å². The van der Waals surface area contributed by atoms with Gasteiger partial charge >= 0.3 is 0 Å². The molecule has 2 heteroatoms. The molecule has 0 spiro atoms. The second-order valence-electron chi connectivity index (χ2n) is 21.1. The monoisotopic (exact) mass is 909 g/mol. The van der Waals surface area contributed by atoms with Crippen LogP contribution in [0.2, 0.25) is 0 Å². The minimum Gasteiger partial charge on any atom is -0.310 e. The lowest BCUT2D eigenvalue weighted by Gasteiger charge is -2.33. The zero-order chi connectivity index (χ0) is 48.1. The van der Waals surface area contributed by atoms with Crippen LogP contribution in [0.3, 0.4) is 0 Å². The second kappa shape index (κ2) is 16.8. The third-order valence-electron chi connectivity index (χ3n) is 16.6. The van der Waals surface area contributed by atoms with Gasteiger partial charge in [-0.05, 0) is 211 Å². The van der Waals surface area contributed by atoms with Gasteiger partial charge in [0.05, 0.1) is 0 Å². The Morgan fingerprint density at radius 1 is 0.357 bits per heavy atom. The second-order valence-corrected chi connectivity index (χ2v) is 21.1. The van der Waals surface area contributed by atoms with Crippen molar-refractivity contribution in [3.63, 3.8) is 0 Å². The van der Waals surface area contributed by atoms with Gasteiger partial charge in [0.1, 0.15) is 0 Å². The maximum absolute atomic E-state index is 2.52. The van der Waals surface area contributed by atoms with Crippen molar-refractivity contribution >= 4 is 66.8 Å².